The van der Waals surface area contributed by atoms with Gasteiger partial charge in [-0.3, -0.25) is 4.79 Å². The molecule has 1 aliphatic carbocycles. The van der Waals surface area contributed by atoms with E-state index in [-0.39, 0.29) is 0 Å². The zero-order chi connectivity index (χ0) is 10.9. The number of aliphatic carboxylic acids is 1. The van der Waals surface area contributed by atoms with Crippen LogP contribution in [0.2, 0.25) is 0 Å². The van der Waals surface area contributed by atoms with Gasteiger partial charge >= 0.3 is 5.97 Å². The van der Waals surface area contributed by atoms with Gasteiger partial charge in [0.2, 0.25) is 0 Å². The summed E-state index contributed by atoms with van der Waals surface area (Å²) in [7, 11) is 0. The van der Waals surface area contributed by atoms with Crippen molar-refractivity contribution >= 4 is 5.97 Å². The summed E-state index contributed by atoms with van der Waals surface area (Å²) in [5.41, 5.74) is 0.355. The van der Waals surface area contributed by atoms with Crippen LogP contribution in [-0.2, 0) is 16.9 Å². The zero-order valence-corrected chi connectivity index (χ0v) is 8.37. The van der Waals surface area contributed by atoms with Gasteiger partial charge in [0.25, 0.3) is 0 Å². The summed E-state index contributed by atoms with van der Waals surface area (Å²) in [4.78, 5) is 11.2. The molecule has 0 radical (unpaired) electrons. The molecule has 0 bridgehead atoms. The van der Waals surface area contributed by atoms with Gasteiger partial charge in [0.05, 0.1) is 5.41 Å². The molecule has 1 aromatic rings. The number of carbonyl (C=O) groups is 1. The number of carboxylic acid groups (broad SMARTS) is 1. The van der Waals surface area contributed by atoms with E-state index in [1.807, 2.05) is 0 Å². The molecule has 1 aromatic carbocycles. The monoisotopic (exact) mass is 208 g/mol. The molecule has 0 unspecified atom stereocenters. The lowest BCUT2D eigenvalue weighted by Crippen LogP contribution is -2.43. The highest BCUT2D eigenvalue weighted by Gasteiger charge is 2.46. The smallest absolute Gasteiger partial charge is 0.314 e. The van der Waals surface area contributed by atoms with E-state index < -0.39 is 18.1 Å². The van der Waals surface area contributed by atoms with Crippen molar-refractivity contribution in [3.8, 4) is 0 Å². The van der Waals surface area contributed by atoms with Gasteiger partial charge in [0.15, 0.2) is 0 Å². The predicted octanol–water partition coefficient (Wildman–Crippen LogP) is 2.66. The number of benzene rings is 1. The second kappa shape index (κ2) is 3.65. The van der Waals surface area contributed by atoms with Crippen molar-refractivity contribution in [3.05, 3.63) is 35.4 Å². The SMILES string of the molecule is O=C(O)C1(c2ccccc2CF)CCC1. The van der Waals surface area contributed by atoms with E-state index in [0.717, 1.165) is 6.42 Å². The van der Waals surface area contributed by atoms with Crippen molar-refractivity contribution in [2.24, 2.45) is 0 Å². The van der Waals surface area contributed by atoms with Gasteiger partial charge in [-0.2, -0.15) is 0 Å². The highest BCUT2D eigenvalue weighted by Crippen LogP contribution is 2.45. The molecule has 0 spiro atoms. The van der Waals surface area contributed by atoms with Crippen LogP contribution in [0.4, 0.5) is 4.39 Å². The molecule has 0 amide bonds. The lowest BCUT2D eigenvalue weighted by atomic mass is 9.63. The fourth-order valence-electron chi connectivity index (χ4n) is 2.23. The molecule has 1 fully saturated rings. The summed E-state index contributed by atoms with van der Waals surface area (Å²) in [6, 6.07) is 6.92. The number of carboxylic acids is 1. The van der Waals surface area contributed by atoms with E-state index in [1.54, 1.807) is 24.3 Å². The van der Waals surface area contributed by atoms with Crippen LogP contribution in [-0.4, -0.2) is 11.1 Å². The first-order valence-corrected chi connectivity index (χ1v) is 5.08. The Labute approximate surface area is 87.7 Å². The third kappa shape index (κ3) is 1.42. The molecule has 2 nitrogen and oxygen atoms in total. The minimum atomic E-state index is -0.824. The van der Waals surface area contributed by atoms with Crippen LogP contribution < -0.4 is 0 Å². The van der Waals surface area contributed by atoms with Crippen LogP contribution in [0.5, 0.6) is 0 Å². The molecule has 1 aliphatic rings. The lowest BCUT2D eigenvalue weighted by Gasteiger charge is -2.39. The van der Waals surface area contributed by atoms with Gasteiger partial charge in [0, 0.05) is 0 Å². The molecule has 1 saturated carbocycles. The average molecular weight is 208 g/mol. The second-order valence-corrected chi connectivity index (χ2v) is 4.03. The summed E-state index contributed by atoms with van der Waals surface area (Å²) >= 11 is 0. The molecule has 0 heterocycles. The van der Waals surface area contributed by atoms with Gasteiger partial charge in [-0.1, -0.05) is 30.7 Å². The fraction of sp³-hybridized carbons (Fsp3) is 0.417. The Kier molecular flexibility index (Phi) is 2.47. The third-order valence-corrected chi connectivity index (χ3v) is 3.29. The molecule has 0 aliphatic heterocycles. The number of halogens is 1. The van der Waals surface area contributed by atoms with Crippen molar-refractivity contribution < 1.29 is 14.3 Å². The van der Waals surface area contributed by atoms with E-state index in [0.29, 0.717) is 24.0 Å². The number of hydrogen-bond acceptors (Lipinski definition) is 1. The summed E-state index contributed by atoms with van der Waals surface area (Å²) < 4.78 is 12.7. The second-order valence-electron chi connectivity index (χ2n) is 4.03. The molecule has 1 N–H and O–H groups in total. The van der Waals surface area contributed by atoms with E-state index >= 15 is 0 Å². The van der Waals surface area contributed by atoms with Crippen molar-refractivity contribution in [2.75, 3.05) is 0 Å². The first kappa shape index (κ1) is 10.1. The van der Waals surface area contributed by atoms with Gasteiger partial charge in [-0.25, -0.2) is 4.39 Å². The Bertz CT molecular complexity index is 383. The minimum absolute atomic E-state index is 0.514. The maximum Gasteiger partial charge on any atom is 0.314 e. The maximum atomic E-state index is 12.7. The van der Waals surface area contributed by atoms with E-state index in [2.05, 4.69) is 0 Å². The highest BCUT2D eigenvalue weighted by atomic mass is 19.1. The quantitative estimate of drug-likeness (QED) is 0.829. The Morgan fingerprint density at radius 3 is 2.53 bits per heavy atom. The maximum absolute atomic E-state index is 12.7. The van der Waals surface area contributed by atoms with Crippen LogP contribution in [0.3, 0.4) is 0 Å². The standard InChI is InChI=1S/C12H13FO2/c13-8-9-4-1-2-5-10(9)12(11(14)15)6-3-7-12/h1-2,4-5H,3,6-8H2,(H,14,15). The molecule has 0 atom stereocenters. The molecular weight excluding hydrogens is 195 g/mol. The van der Waals surface area contributed by atoms with Crippen molar-refractivity contribution in [1.82, 2.24) is 0 Å². The topological polar surface area (TPSA) is 37.3 Å². The molecular formula is C12H13FO2. The predicted molar refractivity (Wildman–Crippen MR) is 54.4 cm³/mol. The molecule has 0 saturated heterocycles. The molecule has 0 aromatic heterocycles. The van der Waals surface area contributed by atoms with Gasteiger partial charge in [-0.05, 0) is 24.0 Å². The summed E-state index contributed by atoms with van der Waals surface area (Å²) in [5.74, 6) is -0.824. The summed E-state index contributed by atoms with van der Waals surface area (Å²) in [6.45, 7) is -0.592. The summed E-state index contributed by atoms with van der Waals surface area (Å²) in [5, 5.41) is 9.23. The third-order valence-electron chi connectivity index (χ3n) is 3.29. The Morgan fingerprint density at radius 1 is 1.40 bits per heavy atom. The number of alkyl halides is 1. The molecule has 80 valence electrons. The van der Waals surface area contributed by atoms with Crippen LogP contribution in [0.15, 0.2) is 24.3 Å². The fourth-order valence-corrected chi connectivity index (χ4v) is 2.23. The molecule has 15 heavy (non-hydrogen) atoms. The van der Waals surface area contributed by atoms with Crippen molar-refractivity contribution in [3.63, 3.8) is 0 Å². The highest BCUT2D eigenvalue weighted by molar-refractivity contribution is 5.83. The van der Waals surface area contributed by atoms with Gasteiger partial charge < -0.3 is 5.11 Å². The Balaban J connectivity index is 2.47. The normalized spacial score (nSPS) is 18.2. The van der Waals surface area contributed by atoms with Crippen molar-refractivity contribution in [2.45, 2.75) is 31.4 Å². The Hall–Kier alpha value is -1.38. The zero-order valence-electron chi connectivity index (χ0n) is 8.37. The van der Waals surface area contributed by atoms with Gasteiger partial charge in [-0.15, -0.1) is 0 Å². The van der Waals surface area contributed by atoms with E-state index in [1.165, 1.54) is 0 Å². The first-order valence-electron chi connectivity index (χ1n) is 5.08. The van der Waals surface area contributed by atoms with Crippen LogP contribution in [0.25, 0.3) is 0 Å². The lowest BCUT2D eigenvalue weighted by molar-refractivity contribution is -0.147. The van der Waals surface area contributed by atoms with Crippen LogP contribution in [0.1, 0.15) is 30.4 Å². The molecule has 3 heteroatoms. The van der Waals surface area contributed by atoms with Crippen LogP contribution >= 0.6 is 0 Å². The number of rotatable bonds is 3. The largest absolute Gasteiger partial charge is 0.481 e. The Morgan fingerprint density at radius 2 is 2.07 bits per heavy atom. The van der Waals surface area contributed by atoms with Gasteiger partial charge in [0.1, 0.15) is 6.67 Å². The first-order chi connectivity index (χ1) is 7.20. The average Bonchev–Trinajstić information content (AvgIpc) is 2.16. The van der Waals surface area contributed by atoms with Crippen molar-refractivity contribution in [1.29, 1.82) is 0 Å². The molecule has 2 rings (SSSR count). The van der Waals surface area contributed by atoms with E-state index in [9.17, 15) is 14.3 Å². The summed E-state index contributed by atoms with van der Waals surface area (Å²) in [6.07, 6.45) is 2.16. The minimum Gasteiger partial charge on any atom is -0.481 e. The van der Waals surface area contributed by atoms with Crippen LogP contribution in [0, 0.1) is 0 Å². The number of hydrogen-bond donors (Lipinski definition) is 1. The van der Waals surface area contributed by atoms with E-state index in [4.69, 9.17) is 0 Å².